The van der Waals surface area contributed by atoms with Crippen molar-refractivity contribution in [1.29, 1.82) is 0 Å². The average molecular weight is 196 g/mol. The number of aromatic hydroxyl groups is 2. The Labute approximate surface area is 81.8 Å². The van der Waals surface area contributed by atoms with Crippen molar-refractivity contribution in [3.8, 4) is 17.2 Å². The molecule has 4 nitrogen and oxygen atoms in total. The maximum atomic E-state index is 11.1. The number of rotatable bonds is 3. The van der Waals surface area contributed by atoms with Crippen molar-refractivity contribution in [2.45, 2.75) is 19.8 Å². The van der Waals surface area contributed by atoms with Gasteiger partial charge in [-0.2, -0.15) is 0 Å². The van der Waals surface area contributed by atoms with Gasteiger partial charge < -0.3 is 14.9 Å². The molecule has 0 amide bonds. The van der Waals surface area contributed by atoms with Gasteiger partial charge in [-0.1, -0.05) is 6.92 Å². The third-order valence-electron chi connectivity index (χ3n) is 1.62. The molecule has 76 valence electrons. The van der Waals surface area contributed by atoms with Gasteiger partial charge in [-0.25, -0.2) is 0 Å². The van der Waals surface area contributed by atoms with E-state index in [-0.39, 0.29) is 23.7 Å². The van der Waals surface area contributed by atoms with Gasteiger partial charge in [0, 0.05) is 12.5 Å². The molecule has 0 bridgehead atoms. The molecule has 0 aliphatic heterocycles. The summed E-state index contributed by atoms with van der Waals surface area (Å²) in [5.41, 5.74) is 0. The molecule has 0 radical (unpaired) electrons. The third kappa shape index (κ3) is 2.65. The maximum absolute atomic E-state index is 11.1. The molecule has 0 heterocycles. The summed E-state index contributed by atoms with van der Waals surface area (Å²) in [6, 6.07) is 3.78. The molecule has 0 spiro atoms. The van der Waals surface area contributed by atoms with E-state index in [2.05, 4.69) is 0 Å². The number of carbonyl (C=O) groups excluding carboxylic acids is 1. The quantitative estimate of drug-likeness (QED) is 0.439. The number of hydrogen-bond donors (Lipinski definition) is 2. The topological polar surface area (TPSA) is 66.8 Å². The first-order chi connectivity index (χ1) is 6.63. The van der Waals surface area contributed by atoms with Crippen LogP contribution in [0.4, 0.5) is 0 Å². The predicted octanol–water partition coefficient (Wildman–Crippen LogP) is 1.80. The Kier molecular flexibility index (Phi) is 3.34. The van der Waals surface area contributed by atoms with Gasteiger partial charge in [0.15, 0.2) is 11.5 Å². The molecule has 0 unspecified atom stereocenters. The Morgan fingerprint density at radius 3 is 2.79 bits per heavy atom. The first-order valence-corrected chi connectivity index (χ1v) is 4.36. The summed E-state index contributed by atoms with van der Waals surface area (Å²) >= 11 is 0. The second-order valence-electron chi connectivity index (χ2n) is 2.88. The van der Waals surface area contributed by atoms with E-state index in [0.717, 1.165) is 0 Å². The van der Waals surface area contributed by atoms with Crippen molar-refractivity contribution in [3.05, 3.63) is 18.2 Å². The fourth-order valence-electron chi connectivity index (χ4n) is 0.962. The fourth-order valence-corrected chi connectivity index (χ4v) is 0.962. The van der Waals surface area contributed by atoms with E-state index in [1.165, 1.54) is 18.2 Å². The highest BCUT2D eigenvalue weighted by Crippen LogP contribution is 2.29. The SMILES string of the molecule is CCCC(=O)Oc1cc(O)ccc1O. The zero-order chi connectivity index (χ0) is 10.6. The van der Waals surface area contributed by atoms with Crippen molar-refractivity contribution in [2.75, 3.05) is 0 Å². The van der Waals surface area contributed by atoms with Crippen molar-refractivity contribution in [3.63, 3.8) is 0 Å². The van der Waals surface area contributed by atoms with E-state index in [1.54, 1.807) is 0 Å². The maximum Gasteiger partial charge on any atom is 0.311 e. The van der Waals surface area contributed by atoms with E-state index in [9.17, 15) is 9.90 Å². The minimum atomic E-state index is -0.423. The highest BCUT2D eigenvalue weighted by Gasteiger charge is 2.08. The first-order valence-electron chi connectivity index (χ1n) is 4.36. The summed E-state index contributed by atoms with van der Waals surface area (Å²) < 4.78 is 4.82. The molecule has 1 rings (SSSR count). The van der Waals surface area contributed by atoms with Crippen molar-refractivity contribution < 1.29 is 19.7 Å². The standard InChI is InChI=1S/C10H12O4/c1-2-3-10(13)14-9-6-7(11)4-5-8(9)12/h4-6,11-12H,2-3H2,1H3. The van der Waals surface area contributed by atoms with Gasteiger partial charge in [-0.15, -0.1) is 0 Å². The molecular weight excluding hydrogens is 184 g/mol. The van der Waals surface area contributed by atoms with E-state index in [0.29, 0.717) is 6.42 Å². The van der Waals surface area contributed by atoms with Gasteiger partial charge in [0.25, 0.3) is 0 Å². The Morgan fingerprint density at radius 1 is 1.43 bits per heavy atom. The average Bonchev–Trinajstić information content (AvgIpc) is 2.12. The lowest BCUT2D eigenvalue weighted by Gasteiger charge is -2.05. The first kappa shape index (κ1) is 10.4. The van der Waals surface area contributed by atoms with Crippen molar-refractivity contribution >= 4 is 5.97 Å². The summed E-state index contributed by atoms with van der Waals surface area (Å²) in [7, 11) is 0. The smallest absolute Gasteiger partial charge is 0.311 e. The van der Waals surface area contributed by atoms with Gasteiger partial charge in [0.2, 0.25) is 0 Å². The van der Waals surface area contributed by atoms with E-state index in [1.807, 2.05) is 6.92 Å². The lowest BCUT2D eigenvalue weighted by Crippen LogP contribution is -2.06. The van der Waals surface area contributed by atoms with E-state index >= 15 is 0 Å². The second kappa shape index (κ2) is 4.50. The molecule has 14 heavy (non-hydrogen) atoms. The Morgan fingerprint density at radius 2 is 2.14 bits per heavy atom. The van der Waals surface area contributed by atoms with Gasteiger partial charge in [-0.05, 0) is 18.6 Å². The number of hydrogen-bond acceptors (Lipinski definition) is 4. The summed E-state index contributed by atoms with van der Waals surface area (Å²) in [6.07, 6.45) is 0.966. The molecule has 1 aromatic rings. The molecular formula is C10H12O4. The zero-order valence-electron chi connectivity index (χ0n) is 7.86. The third-order valence-corrected chi connectivity index (χ3v) is 1.62. The van der Waals surface area contributed by atoms with Crippen LogP contribution in [0.3, 0.4) is 0 Å². The summed E-state index contributed by atoms with van der Waals surface area (Å²) in [6.45, 7) is 1.85. The number of phenols is 2. The molecule has 0 saturated carbocycles. The molecule has 0 aliphatic carbocycles. The van der Waals surface area contributed by atoms with E-state index in [4.69, 9.17) is 9.84 Å². The lowest BCUT2D eigenvalue weighted by atomic mass is 10.3. The van der Waals surface area contributed by atoms with E-state index < -0.39 is 5.97 Å². The molecule has 2 N–H and O–H groups in total. The molecule has 1 aromatic carbocycles. The van der Waals surface area contributed by atoms with Gasteiger partial charge in [-0.3, -0.25) is 4.79 Å². The van der Waals surface area contributed by atoms with Gasteiger partial charge >= 0.3 is 5.97 Å². The normalized spacial score (nSPS) is 9.79. The number of ether oxygens (including phenoxy) is 1. The van der Waals surface area contributed by atoms with Crippen LogP contribution >= 0.6 is 0 Å². The molecule has 0 aromatic heterocycles. The van der Waals surface area contributed by atoms with Crippen LogP contribution in [0.25, 0.3) is 0 Å². The summed E-state index contributed by atoms with van der Waals surface area (Å²) in [5, 5.41) is 18.3. The summed E-state index contributed by atoms with van der Waals surface area (Å²) in [5.74, 6) is -0.647. The van der Waals surface area contributed by atoms with Crippen molar-refractivity contribution in [1.82, 2.24) is 0 Å². The largest absolute Gasteiger partial charge is 0.508 e. The van der Waals surface area contributed by atoms with Crippen LogP contribution in [0.1, 0.15) is 19.8 Å². The number of esters is 1. The van der Waals surface area contributed by atoms with Crippen LogP contribution in [-0.2, 0) is 4.79 Å². The number of phenolic OH excluding ortho intramolecular Hbond substituents is 2. The van der Waals surface area contributed by atoms with Gasteiger partial charge in [0.05, 0.1) is 0 Å². The molecule has 0 atom stereocenters. The Hall–Kier alpha value is -1.71. The van der Waals surface area contributed by atoms with Crippen LogP contribution in [-0.4, -0.2) is 16.2 Å². The lowest BCUT2D eigenvalue weighted by molar-refractivity contribution is -0.134. The number of carbonyl (C=O) groups is 1. The molecule has 4 heteroatoms. The zero-order valence-corrected chi connectivity index (χ0v) is 7.86. The second-order valence-corrected chi connectivity index (χ2v) is 2.88. The minimum absolute atomic E-state index is 0.0107. The van der Waals surface area contributed by atoms with Crippen LogP contribution in [0.5, 0.6) is 17.2 Å². The highest BCUT2D eigenvalue weighted by atomic mass is 16.5. The molecule has 0 aliphatic rings. The minimum Gasteiger partial charge on any atom is -0.508 e. The summed E-state index contributed by atoms with van der Waals surface area (Å²) in [4.78, 5) is 11.1. The van der Waals surface area contributed by atoms with Crippen LogP contribution in [0, 0.1) is 0 Å². The predicted molar refractivity (Wildman–Crippen MR) is 50.3 cm³/mol. The highest BCUT2D eigenvalue weighted by molar-refractivity contribution is 5.73. The van der Waals surface area contributed by atoms with Crippen LogP contribution in [0.15, 0.2) is 18.2 Å². The van der Waals surface area contributed by atoms with Crippen molar-refractivity contribution in [2.24, 2.45) is 0 Å². The Balaban J connectivity index is 2.75. The van der Waals surface area contributed by atoms with Crippen LogP contribution < -0.4 is 4.74 Å². The molecule has 0 fully saturated rings. The van der Waals surface area contributed by atoms with Crippen LogP contribution in [0.2, 0.25) is 0 Å². The van der Waals surface area contributed by atoms with Gasteiger partial charge in [0.1, 0.15) is 5.75 Å². The number of benzene rings is 1. The Bertz CT molecular complexity index is 333. The fraction of sp³-hybridized carbons (Fsp3) is 0.300. The monoisotopic (exact) mass is 196 g/mol. The molecule has 0 saturated heterocycles.